The predicted molar refractivity (Wildman–Crippen MR) is 80.4 cm³/mol. The van der Waals surface area contributed by atoms with Crippen LogP contribution in [0.25, 0.3) is 0 Å². The second kappa shape index (κ2) is 8.63. The molecule has 0 saturated heterocycles. The first-order valence-corrected chi connectivity index (χ1v) is 8.15. The van der Waals surface area contributed by atoms with E-state index in [1.165, 1.54) is 6.42 Å². The van der Waals surface area contributed by atoms with Gasteiger partial charge in [0.1, 0.15) is 0 Å². The molecule has 0 amide bonds. The van der Waals surface area contributed by atoms with Crippen LogP contribution in [0.4, 0.5) is 0 Å². The van der Waals surface area contributed by atoms with Gasteiger partial charge in [0.15, 0.2) is 6.10 Å². The number of hydrogen-bond acceptors (Lipinski definition) is 4. The number of hydrogen-bond donors (Lipinski definition) is 1. The number of ether oxygens (including phenoxy) is 2. The molecule has 1 rings (SSSR count). The van der Waals surface area contributed by atoms with Gasteiger partial charge >= 0.3 is 5.97 Å². The molecule has 4 heteroatoms. The van der Waals surface area contributed by atoms with E-state index in [0.29, 0.717) is 19.6 Å². The van der Waals surface area contributed by atoms with Crippen LogP contribution < -0.4 is 5.73 Å². The van der Waals surface area contributed by atoms with Crippen LogP contribution in [0.15, 0.2) is 0 Å². The van der Waals surface area contributed by atoms with Crippen molar-refractivity contribution in [1.82, 2.24) is 0 Å². The maximum absolute atomic E-state index is 12.0. The average molecular weight is 285 g/mol. The summed E-state index contributed by atoms with van der Waals surface area (Å²) < 4.78 is 11.3. The zero-order valence-corrected chi connectivity index (χ0v) is 13.3. The number of rotatable bonds is 8. The Balaban J connectivity index is 2.66. The maximum atomic E-state index is 12.0. The molecule has 1 aliphatic rings. The van der Waals surface area contributed by atoms with Crippen LogP contribution in [0.1, 0.15) is 65.7 Å². The molecule has 0 aromatic rings. The van der Waals surface area contributed by atoms with E-state index in [2.05, 4.69) is 13.8 Å². The molecule has 0 radical (unpaired) electrons. The van der Waals surface area contributed by atoms with Crippen LogP contribution >= 0.6 is 0 Å². The first-order chi connectivity index (χ1) is 9.60. The van der Waals surface area contributed by atoms with Crippen molar-refractivity contribution in [2.24, 2.45) is 11.7 Å². The summed E-state index contributed by atoms with van der Waals surface area (Å²) in [4.78, 5) is 12.0. The first-order valence-electron chi connectivity index (χ1n) is 8.15. The zero-order valence-electron chi connectivity index (χ0n) is 13.3. The fourth-order valence-electron chi connectivity index (χ4n) is 3.01. The summed E-state index contributed by atoms with van der Waals surface area (Å²) in [7, 11) is 0. The van der Waals surface area contributed by atoms with Crippen LogP contribution in [-0.4, -0.2) is 30.8 Å². The van der Waals surface area contributed by atoms with Crippen molar-refractivity contribution in [3.8, 4) is 0 Å². The minimum atomic E-state index is -0.457. The predicted octanol–water partition coefficient (Wildman–Crippen LogP) is 3.03. The summed E-state index contributed by atoms with van der Waals surface area (Å²) in [5, 5.41) is 0. The van der Waals surface area contributed by atoms with Crippen LogP contribution in [0.5, 0.6) is 0 Å². The summed E-state index contributed by atoms with van der Waals surface area (Å²) in [5.41, 5.74) is 5.65. The molecular weight excluding hydrogens is 254 g/mol. The van der Waals surface area contributed by atoms with Crippen molar-refractivity contribution in [2.75, 3.05) is 13.2 Å². The Hall–Kier alpha value is -0.610. The highest BCUT2D eigenvalue weighted by atomic mass is 16.6. The molecule has 0 bridgehead atoms. The molecule has 0 aromatic carbocycles. The van der Waals surface area contributed by atoms with E-state index >= 15 is 0 Å². The standard InChI is InChI=1S/C16H31NO3/c1-4-7-14(15(18)19-6-3)20-16(12-17)10-8-13(5-2)9-11-16/h13-14H,4-12,17H2,1-3H3. The first kappa shape index (κ1) is 17.4. The summed E-state index contributed by atoms with van der Waals surface area (Å²) in [6, 6.07) is 0. The normalized spacial score (nSPS) is 28.1. The number of esters is 1. The molecule has 0 aliphatic heterocycles. The van der Waals surface area contributed by atoms with E-state index in [4.69, 9.17) is 15.2 Å². The second-order valence-electron chi connectivity index (χ2n) is 5.89. The third-order valence-electron chi connectivity index (χ3n) is 4.46. The highest BCUT2D eigenvalue weighted by Gasteiger charge is 2.38. The third-order valence-corrected chi connectivity index (χ3v) is 4.46. The number of carbonyl (C=O) groups is 1. The quantitative estimate of drug-likeness (QED) is 0.696. The summed E-state index contributed by atoms with van der Waals surface area (Å²) >= 11 is 0. The van der Waals surface area contributed by atoms with Gasteiger partial charge in [0.05, 0.1) is 12.2 Å². The Morgan fingerprint density at radius 3 is 2.40 bits per heavy atom. The van der Waals surface area contributed by atoms with Gasteiger partial charge in [-0.1, -0.05) is 26.7 Å². The molecular formula is C16H31NO3. The lowest BCUT2D eigenvalue weighted by molar-refractivity contribution is -0.175. The Bertz CT molecular complexity index is 285. The topological polar surface area (TPSA) is 61.5 Å². The SMILES string of the molecule is CCCC(OC1(CN)CCC(CC)CC1)C(=O)OCC. The summed E-state index contributed by atoms with van der Waals surface area (Å²) in [5.74, 6) is 0.547. The zero-order chi connectivity index (χ0) is 15.0. The molecule has 4 nitrogen and oxygen atoms in total. The minimum absolute atomic E-state index is 0.236. The minimum Gasteiger partial charge on any atom is -0.464 e. The number of carbonyl (C=O) groups excluding carboxylic acids is 1. The van der Waals surface area contributed by atoms with Crippen molar-refractivity contribution >= 4 is 5.97 Å². The third kappa shape index (κ3) is 4.74. The van der Waals surface area contributed by atoms with Gasteiger partial charge in [-0.25, -0.2) is 4.79 Å². The maximum Gasteiger partial charge on any atom is 0.335 e. The van der Waals surface area contributed by atoms with Gasteiger partial charge in [-0.3, -0.25) is 0 Å². The van der Waals surface area contributed by atoms with E-state index in [0.717, 1.165) is 38.0 Å². The van der Waals surface area contributed by atoms with Gasteiger partial charge in [0, 0.05) is 6.54 Å². The molecule has 118 valence electrons. The molecule has 2 N–H and O–H groups in total. The fourth-order valence-corrected chi connectivity index (χ4v) is 3.01. The molecule has 1 atom stereocenters. The smallest absolute Gasteiger partial charge is 0.335 e. The average Bonchev–Trinajstić information content (AvgIpc) is 2.48. The summed E-state index contributed by atoms with van der Waals surface area (Å²) in [6.45, 7) is 7.00. The Kier molecular flexibility index (Phi) is 7.52. The molecule has 1 saturated carbocycles. The van der Waals surface area contributed by atoms with Crippen LogP contribution in [0.3, 0.4) is 0 Å². The van der Waals surface area contributed by atoms with Gasteiger partial charge in [-0.2, -0.15) is 0 Å². The van der Waals surface area contributed by atoms with Gasteiger partial charge in [0.2, 0.25) is 0 Å². The fraction of sp³-hybridized carbons (Fsp3) is 0.938. The van der Waals surface area contributed by atoms with E-state index in [-0.39, 0.29) is 11.6 Å². The van der Waals surface area contributed by atoms with E-state index in [9.17, 15) is 4.79 Å². The monoisotopic (exact) mass is 285 g/mol. The van der Waals surface area contributed by atoms with Crippen molar-refractivity contribution < 1.29 is 14.3 Å². The van der Waals surface area contributed by atoms with Crippen LogP contribution in [0, 0.1) is 5.92 Å². The largest absolute Gasteiger partial charge is 0.464 e. The van der Waals surface area contributed by atoms with Gasteiger partial charge in [0.25, 0.3) is 0 Å². The lowest BCUT2D eigenvalue weighted by atomic mass is 9.77. The lowest BCUT2D eigenvalue weighted by Crippen LogP contribution is -2.48. The molecule has 0 spiro atoms. The molecule has 0 aromatic heterocycles. The van der Waals surface area contributed by atoms with Crippen molar-refractivity contribution in [3.63, 3.8) is 0 Å². The van der Waals surface area contributed by atoms with Gasteiger partial charge in [-0.05, 0) is 44.9 Å². The van der Waals surface area contributed by atoms with Crippen molar-refractivity contribution in [3.05, 3.63) is 0 Å². The molecule has 0 heterocycles. The van der Waals surface area contributed by atoms with E-state index in [1.54, 1.807) is 0 Å². The van der Waals surface area contributed by atoms with Gasteiger partial charge < -0.3 is 15.2 Å². The highest BCUT2D eigenvalue weighted by Crippen LogP contribution is 2.37. The van der Waals surface area contributed by atoms with Gasteiger partial charge in [-0.15, -0.1) is 0 Å². The lowest BCUT2D eigenvalue weighted by Gasteiger charge is -2.41. The number of nitrogens with two attached hydrogens (primary N) is 1. The molecule has 1 unspecified atom stereocenters. The van der Waals surface area contributed by atoms with Crippen molar-refractivity contribution in [2.45, 2.75) is 77.4 Å². The Morgan fingerprint density at radius 2 is 1.95 bits per heavy atom. The molecule has 1 fully saturated rings. The van der Waals surface area contributed by atoms with Crippen LogP contribution in [-0.2, 0) is 14.3 Å². The summed E-state index contributed by atoms with van der Waals surface area (Å²) in [6.07, 6.45) is 6.59. The second-order valence-corrected chi connectivity index (χ2v) is 5.89. The van der Waals surface area contributed by atoms with E-state index in [1.807, 2.05) is 6.92 Å². The van der Waals surface area contributed by atoms with Crippen molar-refractivity contribution in [1.29, 1.82) is 0 Å². The Morgan fingerprint density at radius 1 is 1.30 bits per heavy atom. The highest BCUT2D eigenvalue weighted by molar-refractivity contribution is 5.74. The van der Waals surface area contributed by atoms with Crippen LogP contribution in [0.2, 0.25) is 0 Å². The Labute approximate surface area is 123 Å². The molecule has 20 heavy (non-hydrogen) atoms. The van der Waals surface area contributed by atoms with E-state index < -0.39 is 6.10 Å². The molecule has 1 aliphatic carbocycles.